The summed E-state index contributed by atoms with van der Waals surface area (Å²) < 4.78 is 4.97. The molecule has 0 aromatic heterocycles. The maximum absolute atomic E-state index is 12.1. The Morgan fingerprint density at radius 1 is 1.30 bits per heavy atom. The molecule has 5 heteroatoms. The molecular weight excluding hydrogens is 292 g/mol. The molecule has 0 unspecified atom stereocenters. The Morgan fingerprint density at radius 3 is 2.78 bits per heavy atom. The molecule has 0 radical (unpaired) electrons. The number of carbonyl (C=O) groups is 1. The monoisotopic (exact) mass is 310 g/mol. The number of phenolic OH excluding ortho intramolecular Hbond substituents is 1. The Labute approximate surface area is 134 Å². The first-order chi connectivity index (χ1) is 11.2. The molecule has 1 aliphatic carbocycles. The first-order valence-corrected chi connectivity index (χ1v) is 7.44. The van der Waals surface area contributed by atoms with Crippen LogP contribution < -0.4 is 10.2 Å². The van der Waals surface area contributed by atoms with Crippen molar-refractivity contribution in [3.05, 3.63) is 59.7 Å². The van der Waals surface area contributed by atoms with Gasteiger partial charge in [-0.1, -0.05) is 30.3 Å². The third kappa shape index (κ3) is 3.51. The maximum atomic E-state index is 12.1. The van der Waals surface area contributed by atoms with Gasteiger partial charge >= 0.3 is 0 Å². The largest absolute Gasteiger partial charge is 0.504 e. The van der Waals surface area contributed by atoms with E-state index in [1.54, 1.807) is 12.1 Å². The van der Waals surface area contributed by atoms with Crippen molar-refractivity contribution in [2.45, 2.75) is 12.3 Å². The Morgan fingerprint density at radius 2 is 2.09 bits per heavy atom. The molecule has 3 rings (SSSR count). The maximum Gasteiger partial charge on any atom is 0.243 e. The number of hydrogen-bond donors (Lipinski definition) is 2. The number of amides is 1. The number of nitrogens with one attached hydrogen (secondary N) is 1. The lowest BCUT2D eigenvalue weighted by Gasteiger charge is -2.03. The zero-order valence-corrected chi connectivity index (χ0v) is 12.8. The van der Waals surface area contributed by atoms with E-state index in [4.69, 9.17) is 4.74 Å². The molecule has 1 amide bonds. The Hall–Kier alpha value is -2.82. The van der Waals surface area contributed by atoms with Crippen LogP contribution in [0.15, 0.2) is 53.6 Å². The predicted octanol–water partition coefficient (Wildman–Crippen LogP) is 2.65. The van der Waals surface area contributed by atoms with E-state index in [1.807, 2.05) is 30.3 Å². The average Bonchev–Trinajstić information content (AvgIpc) is 3.36. The summed E-state index contributed by atoms with van der Waals surface area (Å²) in [6.45, 7) is 0. The van der Waals surface area contributed by atoms with Gasteiger partial charge < -0.3 is 9.84 Å². The molecule has 2 atom stereocenters. The Bertz CT molecular complexity index is 728. The van der Waals surface area contributed by atoms with Gasteiger partial charge in [-0.05, 0) is 41.7 Å². The summed E-state index contributed by atoms with van der Waals surface area (Å²) in [7, 11) is 1.49. The van der Waals surface area contributed by atoms with E-state index in [0.29, 0.717) is 11.3 Å². The number of ether oxygens (including phenoxy) is 1. The topological polar surface area (TPSA) is 70.9 Å². The van der Waals surface area contributed by atoms with Crippen LogP contribution in [0.1, 0.15) is 23.5 Å². The van der Waals surface area contributed by atoms with Crippen LogP contribution in [0.4, 0.5) is 0 Å². The predicted molar refractivity (Wildman–Crippen MR) is 87.7 cm³/mol. The van der Waals surface area contributed by atoms with Crippen LogP contribution in [0.3, 0.4) is 0 Å². The van der Waals surface area contributed by atoms with Gasteiger partial charge in [0.1, 0.15) is 0 Å². The van der Waals surface area contributed by atoms with E-state index in [-0.39, 0.29) is 23.5 Å². The van der Waals surface area contributed by atoms with Crippen molar-refractivity contribution in [1.82, 2.24) is 5.43 Å². The molecule has 1 saturated carbocycles. The van der Waals surface area contributed by atoms with Gasteiger partial charge in [-0.15, -0.1) is 0 Å². The zero-order chi connectivity index (χ0) is 16.2. The van der Waals surface area contributed by atoms with Gasteiger partial charge in [0.2, 0.25) is 5.91 Å². The van der Waals surface area contributed by atoms with Gasteiger partial charge in [-0.25, -0.2) is 5.43 Å². The minimum Gasteiger partial charge on any atom is -0.504 e. The molecule has 2 N–H and O–H groups in total. The number of nitrogens with zero attached hydrogens (tertiary/aromatic N) is 1. The van der Waals surface area contributed by atoms with Crippen molar-refractivity contribution >= 4 is 12.1 Å². The first kappa shape index (κ1) is 15.1. The smallest absolute Gasteiger partial charge is 0.243 e. The number of benzene rings is 2. The van der Waals surface area contributed by atoms with E-state index in [9.17, 15) is 9.90 Å². The van der Waals surface area contributed by atoms with Crippen LogP contribution in [-0.2, 0) is 4.79 Å². The number of hydrogen-bond acceptors (Lipinski definition) is 4. The summed E-state index contributed by atoms with van der Waals surface area (Å²) in [4.78, 5) is 12.1. The lowest BCUT2D eigenvalue weighted by molar-refractivity contribution is -0.122. The van der Waals surface area contributed by atoms with Crippen molar-refractivity contribution < 1.29 is 14.6 Å². The molecule has 0 heterocycles. The van der Waals surface area contributed by atoms with Gasteiger partial charge in [0.25, 0.3) is 0 Å². The fraction of sp³-hybridized carbons (Fsp3) is 0.222. The third-order valence-electron chi connectivity index (χ3n) is 3.95. The van der Waals surface area contributed by atoms with Crippen LogP contribution >= 0.6 is 0 Å². The van der Waals surface area contributed by atoms with Crippen LogP contribution in [-0.4, -0.2) is 24.3 Å². The van der Waals surface area contributed by atoms with Gasteiger partial charge in [0.15, 0.2) is 11.5 Å². The molecule has 0 spiro atoms. The molecule has 23 heavy (non-hydrogen) atoms. The molecule has 1 fully saturated rings. The highest BCUT2D eigenvalue weighted by Gasteiger charge is 2.43. The number of carbonyl (C=O) groups excluding carboxylic acids is 1. The number of methoxy groups -OCH3 is 1. The standard InChI is InChI=1S/C18H18N2O3/c1-23-17-8-7-12(9-16(17)21)11-19-20-18(22)15-10-14(15)13-5-3-2-4-6-13/h2-9,11,14-15,21H,10H2,1H3,(H,20,22)/b19-11-/t14-,15+/m0/s1. The van der Waals surface area contributed by atoms with E-state index in [0.717, 1.165) is 6.42 Å². The first-order valence-electron chi connectivity index (χ1n) is 7.44. The van der Waals surface area contributed by atoms with Crippen LogP contribution in [0.25, 0.3) is 0 Å². The highest BCUT2D eigenvalue weighted by Crippen LogP contribution is 2.47. The quantitative estimate of drug-likeness (QED) is 0.659. The summed E-state index contributed by atoms with van der Waals surface area (Å²) in [5.41, 5.74) is 4.43. The van der Waals surface area contributed by atoms with Crippen LogP contribution in [0.5, 0.6) is 11.5 Å². The highest BCUT2D eigenvalue weighted by atomic mass is 16.5. The minimum atomic E-state index is -0.0761. The second-order valence-electron chi connectivity index (χ2n) is 5.52. The van der Waals surface area contributed by atoms with E-state index >= 15 is 0 Å². The minimum absolute atomic E-state index is 0.0150. The lowest BCUT2D eigenvalue weighted by atomic mass is 10.1. The van der Waals surface area contributed by atoms with Crippen molar-refractivity contribution in [1.29, 1.82) is 0 Å². The number of rotatable bonds is 5. The summed E-state index contributed by atoms with van der Waals surface area (Å²) in [6, 6.07) is 14.9. The van der Waals surface area contributed by atoms with Gasteiger partial charge in [0.05, 0.1) is 13.3 Å². The summed E-state index contributed by atoms with van der Waals surface area (Å²) in [5.74, 6) is 0.632. The molecule has 118 valence electrons. The van der Waals surface area contributed by atoms with Crippen molar-refractivity contribution in [2.24, 2.45) is 11.0 Å². The van der Waals surface area contributed by atoms with Crippen LogP contribution in [0, 0.1) is 5.92 Å². The molecule has 0 bridgehead atoms. The molecule has 0 saturated heterocycles. The molecule has 1 aliphatic rings. The number of aromatic hydroxyl groups is 1. The second kappa shape index (κ2) is 6.52. The number of phenols is 1. The molecule has 2 aromatic carbocycles. The third-order valence-corrected chi connectivity index (χ3v) is 3.95. The normalized spacial score (nSPS) is 19.5. The van der Waals surface area contributed by atoms with Crippen molar-refractivity contribution in [3.63, 3.8) is 0 Å². The van der Waals surface area contributed by atoms with E-state index < -0.39 is 0 Å². The molecule has 5 nitrogen and oxygen atoms in total. The van der Waals surface area contributed by atoms with Crippen LogP contribution in [0.2, 0.25) is 0 Å². The molecule has 0 aliphatic heterocycles. The van der Waals surface area contributed by atoms with Gasteiger partial charge in [-0.3, -0.25) is 4.79 Å². The fourth-order valence-corrected chi connectivity index (χ4v) is 2.59. The SMILES string of the molecule is COc1ccc(/C=N\NC(=O)[C@@H]2C[C@H]2c2ccccc2)cc1O. The Balaban J connectivity index is 1.55. The molecule has 2 aromatic rings. The van der Waals surface area contributed by atoms with Gasteiger partial charge in [-0.2, -0.15) is 5.10 Å². The average molecular weight is 310 g/mol. The molecular formula is C18H18N2O3. The van der Waals surface area contributed by atoms with Crippen molar-refractivity contribution in [3.8, 4) is 11.5 Å². The van der Waals surface area contributed by atoms with Crippen molar-refractivity contribution in [2.75, 3.05) is 7.11 Å². The van der Waals surface area contributed by atoms with E-state index in [1.165, 1.54) is 25.0 Å². The second-order valence-corrected chi connectivity index (χ2v) is 5.52. The zero-order valence-electron chi connectivity index (χ0n) is 12.8. The summed E-state index contributed by atoms with van der Waals surface area (Å²) in [5, 5.41) is 13.6. The summed E-state index contributed by atoms with van der Waals surface area (Å²) in [6.07, 6.45) is 2.35. The Kier molecular flexibility index (Phi) is 4.28. The summed E-state index contributed by atoms with van der Waals surface area (Å²) >= 11 is 0. The number of hydrazone groups is 1. The fourth-order valence-electron chi connectivity index (χ4n) is 2.59. The highest BCUT2D eigenvalue weighted by molar-refractivity contribution is 5.86. The van der Waals surface area contributed by atoms with Gasteiger partial charge in [0, 0.05) is 5.92 Å². The lowest BCUT2D eigenvalue weighted by Crippen LogP contribution is -2.20. The van der Waals surface area contributed by atoms with E-state index in [2.05, 4.69) is 10.5 Å².